The van der Waals surface area contributed by atoms with Gasteiger partial charge in [-0.1, -0.05) is 0 Å². The van der Waals surface area contributed by atoms with Crippen LogP contribution < -0.4 is 15.2 Å². The molecule has 2 N–H and O–H groups in total. The first kappa shape index (κ1) is 11.2. The van der Waals surface area contributed by atoms with Gasteiger partial charge in [-0.05, 0) is 6.42 Å². The van der Waals surface area contributed by atoms with Gasteiger partial charge in [0, 0.05) is 18.2 Å². The summed E-state index contributed by atoms with van der Waals surface area (Å²) in [4.78, 5) is 18.5. The highest BCUT2D eigenvalue weighted by Gasteiger charge is 2.08. The Balaban J connectivity index is 2.82. The van der Waals surface area contributed by atoms with Crippen LogP contribution in [-0.2, 0) is 11.2 Å². The van der Waals surface area contributed by atoms with Crippen LogP contribution >= 0.6 is 0 Å². The summed E-state index contributed by atoms with van der Waals surface area (Å²) in [5, 5.41) is 0. The number of ether oxygens (including phenoxy) is 2. The summed E-state index contributed by atoms with van der Waals surface area (Å²) in [5.74, 6) is 0.0379. The van der Waals surface area contributed by atoms with Gasteiger partial charge in [-0.15, -0.1) is 0 Å². The molecule has 1 heterocycles. The van der Waals surface area contributed by atoms with Gasteiger partial charge in [0.05, 0.1) is 14.2 Å². The van der Waals surface area contributed by atoms with Crippen molar-refractivity contribution in [3.63, 3.8) is 0 Å². The van der Waals surface area contributed by atoms with Crippen LogP contribution in [0.3, 0.4) is 0 Å². The number of aromatic nitrogens is 2. The molecule has 6 heteroatoms. The van der Waals surface area contributed by atoms with E-state index in [4.69, 9.17) is 15.2 Å². The topological polar surface area (TPSA) is 87.3 Å². The molecule has 0 saturated carbocycles. The predicted octanol–water partition coefficient (Wildman–Crippen LogP) is -0.0883. The molecular formula is C9H13N3O3. The average molecular weight is 211 g/mol. The van der Waals surface area contributed by atoms with E-state index in [-0.39, 0.29) is 18.3 Å². The lowest BCUT2D eigenvalue weighted by Gasteiger charge is -2.06. The van der Waals surface area contributed by atoms with Crippen molar-refractivity contribution in [1.29, 1.82) is 0 Å². The van der Waals surface area contributed by atoms with Crippen LogP contribution in [0.2, 0.25) is 0 Å². The molecule has 0 atom stereocenters. The molecule has 1 amide bonds. The van der Waals surface area contributed by atoms with E-state index < -0.39 is 0 Å². The third kappa shape index (κ3) is 3.08. The second-order valence-corrected chi connectivity index (χ2v) is 2.86. The lowest BCUT2D eigenvalue weighted by atomic mass is 10.2. The highest BCUT2D eigenvalue weighted by Crippen LogP contribution is 2.18. The van der Waals surface area contributed by atoms with Crippen molar-refractivity contribution < 1.29 is 14.3 Å². The fraction of sp³-hybridized carbons (Fsp3) is 0.444. The zero-order valence-electron chi connectivity index (χ0n) is 8.69. The molecule has 0 radical (unpaired) electrons. The number of hydrogen-bond acceptors (Lipinski definition) is 5. The molecule has 82 valence electrons. The summed E-state index contributed by atoms with van der Waals surface area (Å²) in [7, 11) is 2.97. The zero-order valence-corrected chi connectivity index (χ0v) is 8.69. The molecule has 0 aromatic carbocycles. The van der Waals surface area contributed by atoms with Crippen LogP contribution in [-0.4, -0.2) is 30.1 Å². The Morgan fingerprint density at radius 3 is 2.73 bits per heavy atom. The summed E-state index contributed by atoms with van der Waals surface area (Å²) in [6.07, 6.45) is 2.27. The molecule has 0 fully saturated rings. The molecule has 1 aromatic heterocycles. The Kier molecular flexibility index (Phi) is 3.84. The number of aryl methyl sites for hydroxylation is 1. The van der Waals surface area contributed by atoms with Crippen LogP contribution in [0.5, 0.6) is 11.9 Å². The summed E-state index contributed by atoms with van der Waals surface area (Å²) in [5.41, 5.74) is 5.78. The highest BCUT2D eigenvalue weighted by atomic mass is 16.5. The molecule has 0 aliphatic carbocycles. The molecule has 15 heavy (non-hydrogen) atoms. The number of methoxy groups -OCH3 is 2. The SMILES string of the molecule is COc1ncc(CCC(N)=O)c(OC)n1. The summed E-state index contributed by atoms with van der Waals surface area (Å²) >= 11 is 0. The second kappa shape index (κ2) is 5.14. The third-order valence-electron chi connectivity index (χ3n) is 1.82. The molecule has 0 saturated heterocycles. The van der Waals surface area contributed by atoms with Crippen LogP contribution in [0.25, 0.3) is 0 Å². The largest absolute Gasteiger partial charge is 0.481 e. The van der Waals surface area contributed by atoms with E-state index in [1.165, 1.54) is 14.2 Å². The van der Waals surface area contributed by atoms with Gasteiger partial charge in [0.25, 0.3) is 0 Å². The lowest BCUT2D eigenvalue weighted by Crippen LogP contribution is -2.12. The fourth-order valence-corrected chi connectivity index (χ4v) is 1.08. The third-order valence-corrected chi connectivity index (χ3v) is 1.82. The molecule has 0 aliphatic heterocycles. The van der Waals surface area contributed by atoms with Gasteiger partial charge in [-0.25, -0.2) is 4.98 Å². The molecule has 6 nitrogen and oxygen atoms in total. The number of primary amides is 1. The number of nitrogens with two attached hydrogens (primary N) is 1. The highest BCUT2D eigenvalue weighted by molar-refractivity contribution is 5.74. The fourth-order valence-electron chi connectivity index (χ4n) is 1.08. The molecule has 1 rings (SSSR count). The van der Waals surface area contributed by atoms with Crippen molar-refractivity contribution in [2.24, 2.45) is 5.73 Å². The Labute approximate surface area is 87.4 Å². The molecule has 0 bridgehead atoms. The van der Waals surface area contributed by atoms with E-state index >= 15 is 0 Å². The van der Waals surface area contributed by atoms with E-state index in [0.29, 0.717) is 12.3 Å². The number of amides is 1. The monoisotopic (exact) mass is 211 g/mol. The predicted molar refractivity (Wildman–Crippen MR) is 52.7 cm³/mol. The Bertz CT molecular complexity index is 354. The van der Waals surface area contributed by atoms with Crippen molar-refractivity contribution in [1.82, 2.24) is 9.97 Å². The Morgan fingerprint density at radius 1 is 1.47 bits per heavy atom. The van der Waals surface area contributed by atoms with Crippen LogP contribution in [0.15, 0.2) is 6.20 Å². The smallest absolute Gasteiger partial charge is 0.319 e. The number of rotatable bonds is 5. The summed E-state index contributed by atoms with van der Waals surface area (Å²) in [6, 6.07) is 0.231. The van der Waals surface area contributed by atoms with E-state index in [0.717, 1.165) is 5.56 Å². The first-order valence-corrected chi connectivity index (χ1v) is 4.39. The number of hydrogen-bond donors (Lipinski definition) is 1. The normalized spacial score (nSPS) is 9.73. The number of carbonyl (C=O) groups is 1. The minimum atomic E-state index is -0.368. The van der Waals surface area contributed by atoms with Gasteiger partial charge in [0.2, 0.25) is 11.8 Å². The maximum atomic E-state index is 10.6. The van der Waals surface area contributed by atoms with Gasteiger partial charge in [-0.2, -0.15) is 4.98 Å². The molecule has 0 unspecified atom stereocenters. The van der Waals surface area contributed by atoms with Gasteiger partial charge in [-0.3, -0.25) is 4.79 Å². The molecular weight excluding hydrogens is 198 g/mol. The van der Waals surface area contributed by atoms with Crippen molar-refractivity contribution >= 4 is 5.91 Å². The van der Waals surface area contributed by atoms with Gasteiger partial charge in [0.1, 0.15) is 0 Å². The van der Waals surface area contributed by atoms with Crippen molar-refractivity contribution in [3.8, 4) is 11.9 Å². The summed E-state index contributed by atoms with van der Waals surface area (Å²) < 4.78 is 9.88. The van der Waals surface area contributed by atoms with Crippen molar-refractivity contribution in [2.45, 2.75) is 12.8 Å². The van der Waals surface area contributed by atoms with Gasteiger partial charge >= 0.3 is 6.01 Å². The average Bonchev–Trinajstić information content (AvgIpc) is 2.25. The van der Waals surface area contributed by atoms with E-state index in [9.17, 15) is 4.79 Å². The minimum absolute atomic E-state index is 0.231. The Hall–Kier alpha value is -1.85. The summed E-state index contributed by atoms with van der Waals surface area (Å²) in [6.45, 7) is 0. The zero-order chi connectivity index (χ0) is 11.3. The quantitative estimate of drug-likeness (QED) is 0.735. The minimum Gasteiger partial charge on any atom is -0.481 e. The molecule has 0 spiro atoms. The molecule has 0 aliphatic rings. The van der Waals surface area contributed by atoms with Crippen molar-refractivity contribution in [3.05, 3.63) is 11.8 Å². The first-order valence-electron chi connectivity index (χ1n) is 4.39. The van der Waals surface area contributed by atoms with Crippen LogP contribution in [0.4, 0.5) is 0 Å². The first-order chi connectivity index (χ1) is 7.17. The number of nitrogens with zero attached hydrogens (tertiary/aromatic N) is 2. The van der Waals surface area contributed by atoms with Crippen LogP contribution in [0.1, 0.15) is 12.0 Å². The molecule has 1 aromatic rings. The maximum Gasteiger partial charge on any atom is 0.319 e. The lowest BCUT2D eigenvalue weighted by molar-refractivity contribution is -0.117. The van der Waals surface area contributed by atoms with E-state index in [2.05, 4.69) is 9.97 Å². The van der Waals surface area contributed by atoms with Gasteiger partial charge in [0.15, 0.2) is 0 Å². The van der Waals surface area contributed by atoms with Crippen molar-refractivity contribution in [2.75, 3.05) is 14.2 Å². The number of carbonyl (C=O) groups excluding carboxylic acids is 1. The second-order valence-electron chi connectivity index (χ2n) is 2.86. The van der Waals surface area contributed by atoms with Gasteiger partial charge < -0.3 is 15.2 Å². The standard InChI is InChI=1S/C9H13N3O3/c1-14-8-6(3-4-7(10)13)5-11-9(12-8)15-2/h5H,3-4H2,1-2H3,(H2,10,13). The van der Waals surface area contributed by atoms with Crippen LogP contribution in [0, 0.1) is 0 Å². The Morgan fingerprint density at radius 2 is 2.20 bits per heavy atom. The maximum absolute atomic E-state index is 10.6. The van der Waals surface area contributed by atoms with E-state index in [1.54, 1.807) is 6.20 Å². The van der Waals surface area contributed by atoms with E-state index in [1.807, 2.05) is 0 Å².